The summed E-state index contributed by atoms with van der Waals surface area (Å²) in [5.41, 5.74) is 1.47. The summed E-state index contributed by atoms with van der Waals surface area (Å²) in [4.78, 5) is 26.6. The van der Waals surface area contributed by atoms with Gasteiger partial charge in [-0.1, -0.05) is 13.3 Å². The van der Waals surface area contributed by atoms with Gasteiger partial charge in [0.2, 0.25) is 11.8 Å². The predicted octanol–water partition coefficient (Wildman–Crippen LogP) is 3.87. The van der Waals surface area contributed by atoms with Crippen molar-refractivity contribution in [3.63, 3.8) is 0 Å². The highest BCUT2D eigenvalue weighted by atomic mass is 16.5. The SMILES string of the molecule is CCCCOc1ccc(NC(=O)C2CC(=O)N(c3ccc(OC)cc3)C2)cc1. The second-order valence-corrected chi connectivity index (χ2v) is 6.82. The average molecular weight is 382 g/mol. The molecule has 0 aromatic heterocycles. The molecule has 2 amide bonds. The summed E-state index contributed by atoms with van der Waals surface area (Å²) in [6, 6.07) is 14.6. The lowest BCUT2D eigenvalue weighted by Crippen LogP contribution is -2.28. The van der Waals surface area contributed by atoms with E-state index in [2.05, 4.69) is 12.2 Å². The number of nitrogens with one attached hydrogen (secondary N) is 1. The molecule has 148 valence electrons. The van der Waals surface area contributed by atoms with Gasteiger partial charge in [-0.25, -0.2) is 0 Å². The summed E-state index contributed by atoms with van der Waals surface area (Å²) >= 11 is 0. The molecule has 0 bridgehead atoms. The number of methoxy groups -OCH3 is 1. The molecule has 1 fully saturated rings. The maximum absolute atomic E-state index is 12.6. The molecule has 0 radical (unpaired) electrons. The standard InChI is InChI=1S/C22H26N2O4/c1-3-4-13-28-20-9-5-17(6-10-20)23-22(26)16-14-21(25)24(15-16)18-7-11-19(27-2)12-8-18/h5-12,16H,3-4,13-15H2,1-2H3,(H,23,26). The molecule has 1 aliphatic rings. The lowest BCUT2D eigenvalue weighted by molar-refractivity contribution is -0.122. The molecule has 6 heteroatoms. The van der Waals surface area contributed by atoms with E-state index in [1.54, 1.807) is 24.1 Å². The Hall–Kier alpha value is -3.02. The number of nitrogens with zero attached hydrogens (tertiary/aromatic N) is 1. The Kier molecular flexibility index (Phi) is 6.53. The number of benzene rings is 2. The fraction of sp³-hybridized carbons (Fsp3) is 0.364. The van der Waals surface area contributed by atoms with E-state index in [4.69, 9.17) is 9.47 Å². The van der Waals surface area contributed by atoms with Gasteiger partial charge >= 0.3 is 0 Å². The Morgan fingerprint density at radius 3 is 2.43 bits per heavy atom. The van der Waals surface area contributed by atoms with Crippen molar-refractivity contribution in [3.05, 3.63) is 48.5 Å². The van der Waals surface area contributed by atoms with E-state index >= 15 is 0 Å². The van der Waals surface area contributed by atoms with E-state index in [-0.39, 0.29) is 24.2 Å². The minimum atomic E-state index is -0.380. The van der Waals surface area contributed by atoms with E-state index in [1.807, 2.05) is 36.4 Å². The van der Waals surface area contributed by atoms with E-state index < -0.39 is 0 Å². The minimum absolute atomic E-state index is 0.0509. The quantitative estimate of drug-likeness (QED) is 0.704. The molecule has 0 spiro atoms. The Morgan fingerprint density at radius 2 is 1.79 bits per heavy atom. The number of carbonyl (C=O) groups excluding carboxylic acids is 2. The molecule has 2 aromatic carbocycles. The summed E-state index contributed by atoms with van der Waals surface area (Å²) < 4.78 is 10.8. The monoisotopic (exact) mass is 382 g/mol. The summed E-state index contributed by atoms with van der Waals surface area (Å²) in [5, 5.41) is 2.90. The maximum Gasteiger partial charge on any atom is 0.229 e. The second-order valence-electron chi connectivity index (χ2n) is 6.82. The van der Waals surface area contributed by atoms with Gasteiger partial charge in [0.15, 0.2) is 0 Å². The van der Waals surface area contributed by atoms with Crippen molar-refractivity contribution < 1.29 is 19.1 Å². The van der Waals surface area contributed by atoms with Crippen LogP contribution in [0, 0.1) is 5.92 Å². The molecule has 1 saturated heterocycles. The Bertz CT molecular complexity index is 802. The average Bonchev–Trinajstić information content (AvgIpc) is 3.11. The molecule has 3 rings (SSSR count). The first kappa shape index (κ1) is 19.7. The summed E-state index contributed by atoms with van der Waals surface area (Å²) in [6.45, 7) is 3.17. The van der Waals surface area contributed by atoms with Crippen molar-refractivity contribution in [1.82, 2.24) is 0 Å². The van der Waals surface area contributed by atoms with Gasteiger partial charge in [0, 0.05) is 24.3 Å². The molecule has 2 aromatic rings. The van der Waals surface area contributed by atoms with Crippen LogP contribution in [0.3, 0.4) is 0 Å². The van der Waals surface area contributed by atoms with E-state index in [0.717, 1.165) is 30.0 Å². The second kappa shape index (κ2) is 9.26. The van der Waals surface area contributed by atoms with Crippen LogP contribution in [0.5, 0.6) is 11.5 Å². The van der Waals surface area contributed by atoms with Gasteiger partial charge in [-0.15, -0.1) is 0 Å². The highest BCUT2D eigenvalue weighted by Gasteiger charge is 2.35. The number of hydrogen-bond acceptors (Lipinski definition) is 4. The minimum Gasteiger partial charge on any atom is -0.497 e. The van der Waals surface area contributed by atoms with Gasteiger partial charge in [-0.2, -0.15) is 0 Å². The van der Waals surface area contributed by atoms with Gasteiger partial charge in [0.1, 0.15) is 11.5 Å². The summed E-state index contributed by atoms with van der Waals surface area (Å²) in [6.07, 6.45) is 2.30. The Balaban J connectivity index is 1.56. The molecule has 6 nitrogen and oxygen atoms in total. The van der Waals surface area contributed by atoms with Gasteiger partial charge in [0.05, 0.1) is 19.6 Å². The van der Waals surface area contributed by atoms with Gasteiger partial charge in [0.25, 0.3) is 0 Å². The van der Waals surface area contributed by atoms with Crippen LogP contribution < -0.4 is 19.7 Å². The first-order valence-electron chi connectivity index (χ1n) is 9.59. The third kappa shape index (κ3) is 4.82. The fourth-order valence-corrected chi connectivity index (χ4v) is 3.11. The maximum atomic E-state index is 12.6. The van der Waals surface area contributed by atoms with Crippen LogP contribution in [0.1, 0.15) is 26.2 Å². The number of ether oxygens (including phenoxy) is 2. The highest BCUT2D eigenvalue weighted by Crippen LogP contribution is 2.27. The van der Waals surface area contributed by atoms with Crippen LogP contribution >= 0.6 is 0 Å². The molecule has 1 aliphatic heterocycles. The van der Waals surface area contributed by atoms with Crippen LogP contribution in [0.25, 0.3) is 0 Å². The summed E-state index contributed by atoms with van der Waals surface area (Å²) in [5.74, 6) is 0.934. The van der Waals surface area contributed by atoms with Gasteiger partial charge < -0.3 is 19.7 Å². The largest absolute Gasteiger partial charge is 0.497 e. The third-order valence-electron chi connectivity index (χ3n) is 4.77. The molecule has 1 N–H and O–H groups in total. The zero-order chi connectivity index (χ0) is 19.9. The van der Waals surface area contributed by atoms with Gasteiger partial charge in [-0.05, 0) is 55.0 Å². The summed E-state index contributed by atoms with van der Waals surface area (Å²) in [7, 11) is 1.60. The van der Waals surface area contributed by atoms with Crippen molar-refractivity contribution in [2.45, 2.75) is 26.2 Å². The van der Waals surface area contributed by atoms with Crippen molar-refractivity contribution >= 4 is 23.2 Å². The molecule has 0 saturated carbocycles. The van der Waals surface area contributed by atoms with Crippen molar-refractivity contribution in [1.29, 1.82) is 0 Å². The van der Waals surface area contributed by atoms with Crippen LogP contribution in [0.2, 0.25) is 0 Å². The number of carbonyl (C=O) groups is 2. The number of amides is 2. The number of anilines is 2. The number of unbranched alkanes of at least 4 members (excludes halogenated alkanes) is 1. The van der Waals surface area contributed by atoms with Crippen LogP contribution in [-0.2, 0) is 9.59 Å². The molecule has 1 unspecified atom stereocenters. The first-order valence-corrected chi connectivity index (χ1v) is 9.59. The molecule has 1 heterocycles. The lowest BCUT2D eigenvalue weighted by Gasteiger charge is -2.17. The van der Waals surface area contributed by atoms with Crippen LogP contribution in [-0.4, -0.2) is 32.1 Å². The van der Waals surface area contributed by atoms with E-state index in [9.17, 15) is 9.59 Å². The van der Waals surface area contributed by atoms with E-state index in [1.165, 1.54) is 0 Å². The van der Waals surface area contributed by atoms with Crippen LogP contribution in [0.15, 0.2) is 48.5 Å². The topological polar surface area (TPSA) is 67.9 Å². The third-order valence-corrected chi connectivity index (χ3v) is 4.77. The zero-order valence-corrected chi connectivity index (χ0v) is 16.3. The molecule has 1 atom stereocenters. The van der Waals surface area contributed by atoms with Crippen molar-refractivity contribution in [2.24, 2.45) is 5.92 Å². The van der Waals surface area contributed by atoms with Crippen molar-refractivity contribution in [3.8, 4) is 11.5 Å². The van der Waals surface area contributed by atoms with E-state index in [0.29, 0.717) is 18.8 Å². The smallest absolute Gasteiger partial charge is 0.229 e. The molecule has 0 aliphatic carbocycles. The Labute approximate surface area is 165 Å². The fourth-order valence-electron chi connectivity index (χ4n) is 3.11. The molecular weight excluding hydrogens is 356 g/mol. The Morgan fingerprint density at radius 1 is 1.11 bits per heavy atom. The number of rotatable bonds is 8. The molecular formula is C22H26N2O4. The first-order chi connectivity index (χ1) is 13.6. The zero-order valence-electron chi connectivity index (χ0n) is 16.3. The number of hydrogen-bond donors (Lipinski definition) is 1. The molecule has 28 heavy (non-hydrogen) atoms. The normalized spacial score (nSPS) is 16.1. The van der Waals surface area contributed by atoms with Crippen LogP contribution in [0.4, 0.5) is 11.4 Å². The highest BCUT2D eigenvalue weighted by molar-refractivity contribution is 6.03. The van der Waals surface area contributed by atoms with Gasteiger partial charge in [-0.3, -0.25) is 9.59 Å². The van der Waals surface area contributed by atoms with Crippen molar-refractivity contribution in [2.75, 3.05) is 30.5 Å². The predicted molar refractivity (Wildman–Crippen MR) is 109 cm³/mol. The lowest BCUT2D eigenvalue weighted by atomic mass is 10.1.